The molecular formula is C21H26ClN3O4S2. The Bertz CT molecular complexity index is 963. The maximum absolute atomic E-state index is 12.7. The molecule has 0 saturated carbocycles. The van der Waals surface area contributed by atoms with Crippen LogP contribution in [0.5, 0.6) is 5.75 Å². The van der Waals surface area contributed by atoms with Crippen LogP contribution in [-0.2, 0) is 14.8 Å². The van der Waals surface area contributed by atoms with Gasteiger partial charge in [0, 0.05) is 31.4 Å². The van der Waals surface area contributed by atoms with Crippen LogP contribution >= 0.6 is 23.4 Å². The molecule has 0 spiro atoms. The van der Waals surface area contributed by atoms with Crippen molar-refractivity contribution in [2.45, 2.75) is 29.2 Å². The fourth-order valence-corrected chi connectivity index (χ4v) is 5.43. The van der Waals surface area contributed by atoms with Gasteiger partial charge >= 0.3 is 0 Å². The van der Waals surface area contributed by atoms with Crippen molar-refractivity contribution >= 4 is 39.3 Å². The summed E-state index contributed by atoms with van der Waals surface area (Å²) in [5.74, 6) is 0.850. The number of nitrogens with zero attached hydrogens (tertiary/aromatic N) is 3. The van der Waals surface area contributed by atoms with Gasteiger partial charge in [0.05, 0.1) is 17.3 Å². The Morgan fingerprint density at radius 3 is 2.52 bits per heavy atom. The number of carbonyl (C=O) groups excluding carboxylic acids is 1. The molecule has 0 atom stereocenters. The Hall–Kier alpha value is -1.81. The van der Waals surface area contributed by atoms with E-state index in [-0.39, 0.29) is 16.6 Å². The molecule has 0 aliphatic carbocycles. The molecular weight excluding hydrogens is 458 g/mol. The Morgan fingerprint density at radius 2 is 1.87 bits per heavy atom. The number of carbonyl (C=O) groups is 1. The number of thioether (sulfide) groups is 1. The quantitative estimate of drug-likeness (QED) is 0.507. The van der Waals surface area contributed by atoms with Crippen molar-refractivity contribution in [2.24, 2.45) is 0 Å². The molecule has 1 saturated heterocycles. The van der Waals surface area contributed by atoms with Gasteiger partial charge in [-0.05, 0) is 49.2 Å². The number of aromatic nitrogens is 1. The smallest absolute Gasteiger partial charge is 0.244 e. The van der Waals surface area contributed by atoms with Gasteiger partial charge < -0.3 is 9.64 Å². The molecule has 1 aliphatic heterocycles. The van der Waals surface area contributed by atoms with Crippen LogP contribution in [0.2, 0.25) is 5.02 Å². The van der Waals surface area contributed by atoms with E-state index in [2.05, 4.69) is 4.98 Å². The summed E-state index contributed by atoms with van der Waals surface area (Å²) in [5, 5.41) is 1.25. The molecule has 1 aliphatic rings. The standard InChI is InChI=1S/C21H26ClN3O4S2/c1-24(13-14-29-18-7-5-17(22)6-8-18)21(26)16-30-20-10-9-19(15-23-20)31(27,28)25-11-3-2-4-12-25/h5-10,15H,2-4,11-14,16H2,1H3. The maximum Gasteiger partial charge on any atom is 0.244 e. The monoisotopic (exact) mass is 483 g/mol. The van der Waals surface area contributed by atoms with Crippen LogP contribution in [0.3, 0.4) is 0 Å². The molecule has 10 heteroatoms. The number of hydrogen-bond acceptors (Lipinski definition) is 6. The van der Waals surface area contributed by atoms with E-state index in [1.54, 1.807) is 48.3 Å². The summed E-state index contributed by atoms with van der Waals surface area (Å²) in [7, 11) is -1.78. The van der Waals surface area contributed by atoms with Crippen LogP contribution in [0, 0.1) is 0 Å². The number of amides is 1. The van der Waals surface area contributed by atoms with Gasteiger partial charge in [0.2, 0.25) is 15.9 Å². The second kappa shape index (κ2) is 11.2. The van der Waals surface area contributed by atoms with E-state index < -0.39 is 10.0 Å². The average molecular weight is 484 g/mol. The summed E-state index contributed by atoms with van der Waals surface area (Å²) < 4.78 is 32.5. The van der Waals surface area contributed by atoms with Crippen LogP contribution in [0.15, 0.2) is 52.5 Å². The predicted molar refractivity (Wildman–Crippen MR) is 122 cm³/mol. The van der Waals surface area contributed by atoms with E-state index in [9.17, 15) is 13.2 Å². The zero-order chi connectivity index (χ0) is 22.3. The first-order valence-electron chi connectivity index (χ1n) is 10.1. The lowest BCUT2D eigenvalue weighted by Gasteiger charge is -2.25. The Kier molecular flexibility index (Phi) is 8.59. The van der Waals surface area contributed by atoms with Crippen LogP contribution in [0.25, 0.3) is 0 Å². The first kappa shape index (κ1) is 23.8. The zero-order valence-corrected chi connectivity index (χ0v) is 19.8. The van der Waals surface area contributed by atoms with Crippen molar-refractivity contribution in [3.8, 4) is 5.75 Å². The Morgan fingerprint density at radius 1 is 1.16 bits per heavy atom. The maximum atomic E-state index is 12.7. The molecule has 3 rings (SSSR count). The van der Waals surface area contributed by atoms with E-state index in [4.69, 9.17) is 16.3 Å². The molecule has 1 aromatic carbocycles. The molecule has 2 aromatic rings. The number of ether oxygens (including phenoxy) is 1. The molecule has 1 aromatic heterocycles. The summed E-state index contributed by atoms with van der Waals surface area (Å²) in [5.41, 5.74) is 0. The number of likely N-dealkylation sites (N-methyl/N-ethyl adjacent to an activating group) is 1. The number of hydrogen-bond donors (Lipinski definition) is 0. The highest BCUT2D eigenvalue weighted by atomic mass is 35.5. The second-order valence-electron chi connectivity index (χ2n) is 7.20. The lowest BCUT2D eigenvalue weighted by molar-refractivity contribution is -0.127. The summed E-state index contributed by atoms with van der Waals surface area (Å²) in [6.07, 6.45) is 4.22. The van der Waals surface area contributed by atoms with Crippen LogP contribution in [0.1, 0.15) is 19.3 Å². The van der Waals surface area contributed by atoms with Crippen LogP contribution in [-0.4, -0.2) is 67.6 Å². The molecule has 0 N–H and O–H groups in total. The minimum Gasteiger partial charge on any atom is -0.492 e. The highest BCUT2D eigenvalue weighted by Crippen LogP contribution is 2.22. The van der Waals surface area contributed by atoms with Gasteiger partial charge in [-0.1, -0.05) is 29.8 Å². The molecule has 168 valence electrons. The van der Waals surface area contributed by atoms with Gasteiger partial charge in [-0.2, -0.15) is 4.31 Å². The van der Waals surface area contributed by atoms with E-state index in [0.29, 0.717) is 42.0 Å². The first-order valence-corrected chi connectivity index (χ1v) is 12.9. The zero-order valence-electron chi connectivity index (χ0n) is 17.4. The Labute approximate surface area is 192 Å². The van der Waals surface area contributed by atoms with Crippen molar-refractivity contribution in [3.63, 3.8) is 0 Å². The third-order valence-corrected chi connectivity index (χ3v) is 8.00. The van der Waals surface area contributed by atoms with Gasteiger partial charge in [0.25, 0.3) is 0 Å². The fourth-order valence-electron chi connectivity index (χ4n) is 3.06. The number of pyridine rings is 1. The number of piperidine rings is 1. The van der Waals surface area contributed by atoms with Crippen molar-refractivity contribution in [1.82, 2.24) is 14.2 Å². The summed E-state index contributed by atoms with van der Waals surface area (Å²) in [6, 6.07) is 10.3. The van der Waals surface area contributed by atoms with E-state index in [0.717, 1.165) is 19.3 Å². The molecule has 1 fully saturated rings. The van der Waals surface area contributed by atoms with E-state index >= 15 is 0 Å². The van der Waals surface area contributed by atoms with Crippen molar-refractivity contribution in [3.05, 3.63) is 47.6 Å². The van der Waals surface area contributed by atoms with Gasteiger partial charge in [0.1, 0.15) is 17.3 Å². The molecule has 0 bridgehead atoms. The minimum atomic E-state index is -3.49. The summed E-state index contributed by atoms with van der Waals surface area (Å²) >= 11 is 7.12. The van der Waals surface area contributed by atoms with Crippen molar-refractivity contribution in [2.75, 3.05) is 39.0 Å². The number of sulfonamides is 1. The minimum absolute atomic E-state index is 0.0588. The summed E-state index contributed by atoms with van der Waals surface area (Å²) in [4.78, 5) is 18.4. The predicted octanol–water partition coefficient (Wildman–Crippen LogP) is 3.54. The largest absolute Gasteiger partial charge is 0.492 e. The molecule has 31 heavy (non-hydrogen) atoms. The van der Waals surface area contributed by atoms with E-state index in [1.165, 1.54) is 22.3 Å². The number of rotatable bonds is 9. The van der Waals surface area contributed by atoms with Crippen LogP contribution in [0.4, 0.5) is 0 Å². The number of halogens is 1. The van der Waals surface area contributed by atoms with Gasteiger partial charge in [0.15, 0.2) is 0 Å². The SMILES string of the molecule is CN(CCOc1ccc(Cl)cc1)C(=O)CSc1ccc(S(=O)(=O)N2CCCCC2)cn1. The first-order chi connectivity index (χ1) is 14.9. The normalized spacial score (nSPS) is 14.9. The molecule has 7 nitrogen and oxygen atoms in total. The van der Waals surface area contributed by atoms with E-state index in [1.807, 2.05) is 0 Å². The highest BCUT2D eigenvalue weighted by molar-refractivity contribution is 7.99. The topological polar surface area (TPSA) is 79.8 Å². The van der Waals surface area contributed by atoms with Crippen LogP contribution < -0.4 is 4.74 Å². The second-order valence-corrected chi connectivity index (χ2v) is 10.6. The fraction of sp³-hybridized carbons (Fsp3) is 0.429. The summed E-state index contributed by atoms with van der Waals surface area (Å²) in [6.45, 7) is 1.93. The van der Waals surface area contributed by atoms with Gasteiger partial charge in [-0.25, -0.2) is 13.4 Å². The highest BCUT2D eigenvalue weighted by Gasteiger charge is 2.26. The molecule has 2 heterocycles. The van der Waals surface area contributed by atoms with Crippen molar-refractivity contribution < 1.29 is 17.9 Å². The average Bonchev–Trinajstić information content (AvgIpc) is 2.79. The molecule has 1 amide bonds. The lowest BCUT2D eigenvalue weighted by atomic mass is 10.2. The van der Waals surface area contributed by atoms with Gasteiger partial charge in [-0.3, -0.25) is 4.79 Å². The third-order valence-electron chi connectivity index (χ3n) is 4.94. The number of benzene rings is 1. The third kappa shape index (κ3) is 6.83. The lowest BCUT2D eigenvalue weighted by Crippen LogP contribution is -2.35. The van der Waals surface area contributed by atoms with Crippen molar-refractivity contribution in [1.29, 1.82) is 0 Å². The molecule has 0 radical (unpaired) electrons. The molecule has 0 unspecified atom stereocenters. The Balaban J connectivity index is 1.44. The van der Waals surface area contributed by atoms with Gasteiger partial charge in [-0.15, -0.1) is 0 Å².